The van der Waals surface area contributed by atoms with Crippen LogP contribution in [0.3, 0.4) is 0 Å². The van der Waals surface area contributed by atoms with Gasteiger partial charge in [-0.05, 0) is 68.1 Å². The highest BCUT2D eigenvalue weighted by atomic mass is 32.2. The lowest BCUT2D eigenvalue weighted by atomic mass is 10.1. The lowest BCUT2D eigenvalue weighted by Gasteiger charge is -2.27. The largest absolute Gasteiger partial charge is 0.321 e. The van der Waals surface area contributed by atoms with Gasteiger partial charge in [0.15, 0.2) is 0 Å². The van der Waals surface area contributed by atoms with E-state index in [1.165, 1.54) is 23.1 Å². The van der Waals surface area contributed by atoms with E-state index in [1.807, 2.05) is 50.4 Å². The van der Waals surface area contributed by atoms with Crippen LogP contribution in [0.2, 0.25) is 0 Å². The number of aromatic nitrogens is 1. The van der Waals surface area contributed by atoms with Gasteiger partial charge in [-0.1, -0.05) is 11.8 Å². The molecule has 0 saturated heterocycles. The molecule has 0 fully saturated rings. The molecular weight excluding hydrogens is 390 g/mol. The van der Waals surface area contributed by atoms with E-state index < -0.39 is 0 Å². The van der Waals surface area contributed by atoms with Crippen LogP contribution in [0.1, 0.15) is 39.4 Å². The molecule has 2 amide bonds. The van der Waals surface area contributed by atoms with E-state index in [2.05, 4.69) is 10.3 Å². The van der Waals surface area contributed by atoms with Crippen LogP contribution in [0.5, 0.6) is 0 Å². The number of nitrogens with one attached hydrogen (secondary N) is 1. The van der Waals surface area contributed by atoms with Crippen molar-refractivity contribution in [1.29, 1.82) is 0 Å². The third-order valence-electron chi connectivity index (χ3n) is 4.49. The van der Waals surface area contributed by atoms with E-state index >= 15 is 0 Å². The van der Waals surface area contributed by atoms with Crippen molar-refractivity contribution < 1.29 is 9.59 Å². The molecule has 0 bridgehead atoms. The van der Waals surface area contributed by atoms with Gasteiger partial charge in [0.1, 0.15) is 5.03 Å². The number of thiophene rings is 1. The zero-order valence-corrected chi connectivity index (χ0v) is 17.4. The third kappa shape index (κ3) is 3.31. The molecule has 7 heteroatoms. The fourth-order valence-corrected chi connectivity index (χ4v) is 5.02. The van der Waals surface area contributed by atoms with Gasteiger partial charge < -0.3 is 10.2 Å². The minimum absolute atomic E-state index is 0.00721. The van der Waals surface area contributed by atoms with Crippen LogP contribution in [0, 0.1) is 6.92 Å². The van der Waals surface area contributed by atoms with Gasteiger partial charge in [0.25, 0.3) is 11.8 Å². The monoisotopic (exact) mass is 409 g/mol. The number of carbonyl (C=O) groups excluding carboxylic acids is 2. The second kappa shape index (κ2) is 7.41. The maximum Gasteiger partial charge on any atom is 0.265 e. The predicted molar refractivity (Wildman–Crippen MR) is 114 cm³/mol. The molecule has 0 aliphatic carbocycles. The Hall–Kier alpha value is -2.64. The van der Waals surface area contributed by atoms with Gasteiger partial charge in [0, 0.05) is 22.8 Å². The Bertz CT molecular complexity index is 1080. The Labute approximate surface area is 171 Å². The molecule has 28 heavy (non-hydrogen) atoms. The van der Waals surface area contributed by atoms with Gasteiger partial charge in [-0.3, -0.25) is 9.59 Å². The Morgan fingerprint density at radius 3 is 2.75 bits per heavy atom. The zero-order valence-electron chi connectivity index (χ0n) is 15.7. The molecule has 1 aliphatic heterocycles. The lowest BCUT2D eigenvalue weighted by Crippen LogP contribution is -2.37. The van der Waals surface area contributed by atoms with E-state index in [-0.39, 0.29) is 17.9 Å². The van der Waals surface area contributed by atoms with Gasteiger partial charge in [0.05, 0.1) is 16.1 Å². The first-order valence-corrected chi connectivity index (χ1v) is 10.6. The number of nitrogens with zero attached hydrogens (tertiary/aromatic N) is 2. The van der Waals surface area contributed by atoms with Crippen molar-refractivity contribution >= 4 is 46.3 Å². The molecule has 0 spiro atoms. The summed E-state index contributed by atoms with van der Waals surface area (Å²) in [5, 5.41) is 5.55. The standard InChI is InChI=1S/C21H19N3O2S2/c1-12(2)24-16-7-6-14(23-19(25)18-13(3)8-10-27-18)11-17(16)28-20-15(21(24)26)5-4-9-22-20/h4-12H,1-3H3,(H,23,25). The number of pyridine rings is 1. The number of anilines is 2. The van der Waals surface area contributed by atoms with Crippen LogP contribution < -0.4 is 10.2 Å². The first-order valence-electron chi connectivity index (χ1n) is 8.91. The number of rotatable bonds is 3. The molecule has 3 aromatic rings. The minimum Gasteiger partial charge on any atom is -0.321 e. The second-order valence-corrected chi connectivity index (χ2v) is 8.74. The molecule has 1 aliphatic rings. The first kappa shape index (κ1) is 18.7. The number of amides is 2. The fraction of sp³-hybridized carbons (Fsp3) is 0.190. The quantitative estimate of drug-likeness (QED) is 0.644. The van der Waals surface area contributed by atoms with Gasteiger partial charge in [0.2, 0.25) is 0 Å². The summed E-state index contributed by atoms with van der Waals surface area (Å²) < 4.78 is 0. The van der Waals surface area contributed by atoms with Gasteiger partial charge in [-0.2, -0.15) is 0 Å². The number of carbonyl (C=O) groups is 2. The van der Waals surface area contributed by atoms with Crippen LogP contribution in [-0.2, 0) is 0 Å². The molecule has 0 radical (unpaired) electrons. The Morgan fingerprint density at radius 2 is 2.04 bits per heavy atom. The predicted octanol–water partition coefficient (Wildman–Crippen LogP) is 5.22. The van der Waals surface area contributed by atoms with Crippen molar-refractivity contribution in [1.82, 2.24) is 4.98 Å². The van der Waals surface area contributed by atoms with Crippen LogP contribution in [0.4, 0.5) is 11.4 Å². The molecule has 0 unspecified atom stereocenters. The second-order valence-electron chi connectivity index (χ2n) is 6.80. The number of hydrogen-bond acceptors (Lipinski definition) is 5. The third-order valence-corrected chi connectivity index (χ3v) is 6.57. The van der Waals surface area contributed by atoms with E-state index in [0.717, 1.165) is 16.1 Å². The summed E-state index contributed by atoms with van der Waals surface area (Å²) in [6.45, 7) is 5.90. The number of aryl methyl sites for hydroxylation is 1. The summed E-state index contributed by atoms with van der Waals surface area (Å²) in [4.78, 5) is 33.4. The minimum atomic E-state index is -0.124. The summed E-state index contributed by atoms with van der Waals surface area (Å²) in [5.41, 5.74) is 3.08. The number of hydrogen-bond donors (Lipinski definition) is 1. The smallest absolute Gasteiger partial charge is 0.265 e. The summed E-state index contributed by atoms with van der Waals surface area (Å²) >= 11 is 2.87. The SMILES string of the molecule is Cc1ccsc1C(=O)Nc1ccc2c(c1)Sc1ncccc1C(=O)N2C(C)C. The summed E-state index contributed by atoms with van der Waals surface area (Å²) in [7, 11) is 0. The summed E-state index contributed by atoms with van der Waals surface area (Å²) in [5.74, 6) is -0.184. The van der Waals surface area contributed by atoms with Crippen LogP contribution in [0.25, 0.3) is 0 Å². The van der Waals surface area contributed by atoms with E-state index in [9.17, 15) is 9.59 Å². The normalized spacial score (nSPS) is 13.1. The van der Waals surface area contributed by atoms with Crippen molar-refractivity contribution in [3.63, 3.8) is 0 Å². The van der Waals surface area contributed by atoms with Crippen LogP contribution in [0.15, 0.2) is 57.9 Å². The summed E-state index contributed by atoms with van der Waals surface area (Å²) in [6, 6.07) is 11.2. The first-order chi connectivity index (χ1) is 13.5. The zero-order chi connectivity index (χ0) is 19.8. The van der Waals surface area contributed by atoms with Gasteiger partial charge in [-0.25, -0.2) is 4.98 Å². The van der Waals surface area contributed by atoms with Crippen LogP contribution in [-0.4, -0.2) is 22.8 Å². The van der Waals surface area contributed by atoms with E-state index in [0.29, 0.717) is 21.2 Å². The van der Waals surface area contributed by atoms with Crippen molar-refractivity contribution in [2.24, 2.45) is 0 Å². The molecule has 5 nitrogen and oxygen atoms in total. The highest BCUT2D eigenvalue weighted by molar-refractivity contribution is 7.99. The van der Waals surface area contributed by atoms with Gasteiger partial charge in [-0.15, -0.1) is 11.3 Å². The summed E-state index contributed by atoms with van der Waals surface area (Å²) in [6.07, 6.45) is 1.69. The van der Waals surface area contributed by atoms with E-state index in [4.69, 9.17) is 0 Å². The van der Waals surface area contributed by atoms with Crippen LogP contribution >= 0.6 is 23.1 Å². The topological polar surface area (TPSA) is 62.3 Å². The van der Waals surface area contributed by atoms with E-state index in [1.54, 1.807) is 23.2 Å². The molecule has 142 valence electrons. The van der Waals surface area contributed by atoms with Crippen molar-refractivity contribution in [2.75, 3.05) is 10.2 Å². The lowest BCUT2D eigenvalue weighted by molar-refractivity contribution is 0.0975. The molecular formula is C21H19N3O2S2. The Morgan fingerprint density at radius 1 is 1.21 bits per heavy atom. The maximum absolute atomic E-state index is 13.1. The molecule has 0 atom stereocenters. The maximum atomic E-state index is 13.1. The molecule has 4 rings (SSSR count). The Kier molecular flexibility index (Phi) is 4.95. The fourth-order valence-electron chi connectivity index (χ4n) is 3.16. The highest BCUT2D eigenvalue weighted by Gasteiger charge is 2.30. The molecule has 1 N–H and O–H groups in total. The molecule has 1 aromatic carbocycles. The van der Waals surface area contributed by atoms with Crippen molar-refractivity contribution in [2.45, 2.75) is 36.7 Å². The van der Waals surface area contributed by atoms with Gasteiger partial charge >= 0.3 is 0 Å². The highest BCUT2D eigenvalue weighted by Crippen LogP contribution is 2.42. The molecule has 2 aromatic heterocycles. The Balaban J connectivity index is 1.74. The average Bonchev–Trinajstić information content (AvgIpc) is 3.04. The van der Waals surface area contributed by atoms with Crippen molar-refractivity contribution in [3.05, 3.63) is 64.0 Å². The number of fused-ring (bicyclic) bond motifs is 2. The van der Waals surface area contributed by atoms with Crippen molar-refractivity contribution in [3.8, 4) is 0 Å². The molecule has 0 saturated carbocycles. The average molecular weight is 410 g/mol. The molecule has 3 heterocycles. The number of benzene rings is 1.